The molecule has 34 heavy (non-hydrogen) atoms. The molecule has 3 aromatic rings. The summed E-state index contributed by atoms with van der Waals surface area (Å²) >= 11 is 7.38. The van der Waals surface area contributed by atoms with Crippen molar-refractivity contribution in [3.63, 3.8) is 0 Å². The van der Waals surface area contributed by atoms with E-state index < -0.39 is 6.10 Å². The highest BCUT2D eigenvalue weighted by Gasteiger charge is 2.26. The molecular weight excluding hydrogens is 472 g/mol. The van der Waals surface area contributed by atoms with Crippen molar-refractivity contribution in [3.8, 4) is 11.5 Å². The zero-order chi connectivity index (χ0) is 24.1. The van der Waals surface area contributed by atoms with Crippen LogP contribution in [0.5, 0.6) is 11.5 Å². The molecule has 0 aliphatic carbocycles. The van der Waals surface area contributed by atoms with Crippen LogP contribution in [0.2, 0.25) is 5.02 Å². The smallest absolute Gasteiger partial charge is 0.265 e. The van der Waals surface area contributed by atoms with Gasteiger partial charge in [0.2, 0.25) is 0 Å². The highest BCUT2D eigenvalue weighted by atomic mass is 35.5. The molecule has 1 aliphatic heterocycles. The van der Waals surface area contributed by atoms with Gasteiger partial charge in [0.25, 0.3) is 5.91 Å². The molecule has 2 aromatic carbocycles. The van der Waals surface area contributed by atoms with Gasteiger partial charge in [0, 0.05) is 29.5 Å². The van der Waals surface area contributed by atoms with Gasteiger partial charge in [0.05, 0.1) is 10.6 Å². The van der Waals surface area contributed by atoms with Crippen LogP contribution in [0.1, 0.15) is 26.5 Å². The molecule has 0 radical (unpaired) electrons. The number of anilines is 1. The molecule has 1 amide bonds. The third kappa shape index (κ3) is 6.73. The standard InChI is InChI=1S/C26H29ClN2O4S/c1-17-3-9-23(28-26(31)25-10-4-18(2)34-25)24(13-17)32-16-20(30)14-29-12-11-22(15-29)33-21-7-5-19(27)6-8-21/h3-10,13,20,22,30H,11-12,14-16H2,1-2H3,(H,28,31). The van der Waals surface area contributed by atoms with Crippen LogP contribution in [0.25, 0.3) is 0 Å². The summed E-state index contributed by atoms with van der Waals surface area (Å²) in [5.41, 5.74) is 1.60. The van der Waals surface area contributed by atoms with E-state index in [-0.39, 0.29) is 18.6 Å². The zero-order valence-electron chi connectivity index (χ0n) is 19.3. The van der Waals surface area contributed by atoms with Crippen molar-refractivity contribution in [2.24, 2.45) is 0 Å². The summed E-state index contributed by atoms with van der Waals surface area (Å²) in [6, 6.07) is 16.7. The summed E-state index contributed by atoms with van der Waals surface area (Å²) in [5, 5.41) is 14.2. The number of hydrogen-bond donors (Lipinski definition) is 2. The Kier molecular flexibility index (Phi) is 8.11. The number of benzene rings is 2. The Morgan fingerprint density at radius 3 is 2.74 bits per heavy atom. The fourth-order valence-corrected chi connectivity index (χ4v) is 4.78. The predicted molar refractivity (Wildman–Crippen MR) is 137 cm³/mol. The SMILES string of the molecule is Cc1ccc(NC(=O)c2ccc(C)s2)c(OCC(O)CN2CCC(Oc3ccc(Cl)cc3)C2)c1. The molecule has 0 bridgehead atoms. The predicted octanol–water partition coefficient (Wildman–Crippen LogP) is 5.16. The molecule has 4 rings (SSSR count). The summed E-state index contributed by atoms with van der Waals surface area (Å²) in [7, 11) is 0. The number of nitrogens with zero attached hydrogens (tertiary/aromatic N) is 1. The Morgan fingerprint density at radius 1 is 1.21 bits per heavy atom. The minimum Gasteiger partial charge on any atom is -0.489 e. The maximum Gasteiger partial charge on any atom is 0.265 e. The summed E-state index contributed by atoms with van der Waals surface area (Å²) in [6.45, 7) is 6.14. The Hall–Kier alpha value is -2.58. The third-order valence-corrected chi connectivity index (χ3v) is 6.85. The number of ether oxygens (including phenoxy) is 2. The molecule has 180 valence electrons. The first kappa shape index (κ1) is 24.5. The molecule has 2 N–H and O–H groups in total. The maximum atomic E-state index is 12.6. The second kappa shape index (κ2) is 11.2. The number of hydrogen-bond acceptors (Lipinski definition) is 6. The van der Waals surface area contributed by atoms with E-state index in [0.717, 1.165) is 35.7 Å². The minimum absolute atomic E-state index is 0.0776. The molecule has 1 saturated heterocycles. The molecule has 2 heterocycles. The largest absolute Gasteiger partial charge is 0.489 e. The van der Waals surface area contributed by atoms with E-state index in [0.29, 0.717) is 27.9 Å². The van der Waals surface area contributed by atoms with Gasteiger partial charge >= 0.3 is 0 Å². The van der Waals surface area contributed by atoms with E-state index in [1.165, 1.54) is 11.3 Å². The number of halogens is 1. The lowest BCUT2D eigenvalue weighted by Gasteiger charge is -2.21. The van der Waals surface area contributed by atoms with Crippen molar-refractivity contribution in [2.75, 3.05) is 31.6 Å². The number of rotatable bonds is 9. The number of aliphatic hydroxyl groups excluding tert-OH is 1. The molecule has 1 fully saturated rings. The third-order valence-electron chi connectivity index (χ3n) is 5.60. The average molecular weight is 501 g/mol. The van der Waals surface area contributed by atoms with Gasteiger partial charge in [-0.25, -0.2) is 0 Å². The Balaban J connectivity index is 1.28. The maximum absolute atomic E-state index is 12.6. The van der Waals surface area contributed by atoms with Gasteiger partial charge in [-0.2, -0.15) is 0 Å². The van der Waals surface area contributed by atoms with Crippen molar-refractivity contribution in [1.82, 2.24) is 4.90 Å². The molecular formula is C26H29ClN2O4S. The molecule has 0 spiro atoms. The van der Waals surface area contributed by atoms with Gasteiger partial charge in [-0.3, -0.25) is 9.69 Å². The molecule has 2 atom stereocenters. The number of carbonyl (C=O) groups is 1. The number of β-amino-alcohol motifs (C(OH)–C–C–N with tert-alkyl or cyclic N) is 1. The average Bonchev–Trinajstić information content (AvgIpc) is 3.44. The highest BCUT2D eigenvalue weighted by Crippen LogP contribution is 2.28. The number of likely N-dealkylation sites (tertiary alicyclic amines) is 1. The summed E-state index contributed by atoms with van der Waals surface area (Å²) in [6.07, 6.45) is 0.305. The van der Waals surface area contributed by atoms with E-state index in [2.05, 4.69) is 10.2 Å². The first-order valence-electron chi connectivity index (χ1n) is 11.3. The van der Waals surface area contributed by atoms with E-state index in [4.69, 9.17) is 21.1 Å². The lowest BCUT2D eigenvalue weighted by atomic mass is 10.2. The van der Waals surface area contributed by atoms with Crippen molar-refractivity contribution in [1.29, 1.82) is 0 Å². The fraction of sp³-hybridized carbons (Fsp3) is 0.346. The fourth-order valence-electron chi connectivity index (χ4n) is 3.89. The van der Waals surface area contributed by atoms with Gasteiger partial charge in [-0.1, -0.05) is 17.7 Å². The first-order chi connectivity index (χ1) is 16.4. The number of thiophene rings is 1. The summed E-state index contributed by atoms with van der Waals surface area (Å²) < 4.78 is 12.0. The number of aryl methyl sites for hydroxylation is 2. The van der Waals surface area contributed by atoms with Crippen molar-refractivity contribution < 1.29 is 19.4 Å². The van der Waals surface area contributed by atoms with Crippen LogP contribution in [-0.4, -0.2) is 54.4 Å². The van der Waals surface area contributed by atoms with Gasteiger partial charge in [0.15, 0.2) is 0 Å². The van der Waals surface area contributed by atoms with E-state index in [1.54, 1.807) is 0 Å². The normalized spacial score (nSPS) is 16.9. The van der Waals surface area contributed by atoms with Crippen molar-refractivity contribution in [2.45, 2.75) is 32.5 Å². The lowest BCUT2D eigenvalue weighted by Crippen LogP contribution is -2.35. The monoisotopic (exact) mass is 500 g/mol. The van der Waals surface area contributed by atoms with Crippen LogP contribution in [0.4, 0.5) is 5.69 Å². The van der Waals surface area contributed by atoms with Crippen LogP contribution >= 0.6 is 22.9 Å². The first-order valence-corrected chi connectivity index (χ1v) is 12.5. The Morgan fingerprint density at radius 2 is 2.00 bits per heavy atom. The zero-order valence-corrected chi connectivity index (χ0v) is 20.9. The quantitative estimate of drug-likeness (QED) is 0.424. The van der Waals surface area contributed by atoms with E-state index in [9.17, 15) is 9.90 Å². The van der Waals surface area contributed by atoms with Crippen LogP contribution in [-0.2, 0) is 0 Å². The summed E-state index contributed by atoms with van der Waals surface area (Å²) in [4.78, 5) is 16.5. The van der Waals surface area contributed by atoms with E-state index in [1.807, 2.05) is 68.4 Å². The van der Waals surface area contributed by atoms with Gasteiger partial charge in [-0.05, 0) is 74.4 Å². The number of amides is 1. The molecule has 1 aliphatic rings. The van der Waals surface area contributed by atoms with Crippen molar-refractivity contribution >= 4 is 34.5 Å². The molecule has 6 nitrogen and oxygen atoms in total. The topological polar surface area (TPSA) is 71.0 Å². The minimum atomic E-state index is -0.668. The highest BCUT2D eigenvalue weighted by molar-refractivity contribution is 7.14. The molecule has 1 aromatic heterocycles. The molecule has 0 saturated carbocycles. The second-order valence-electron chi connectivity index (χ2n) is 8.57. The Labute approximate surface area is 209 Å². The van der Waals surface area contributed by atoms with E-state index >= 15 is 0 Å². The number of carbonyl (C=O) groups excluding carboxylic acids is 1. The molecule has 2 unspecified atom stereocenters. The number of aliphatic hydroxyl groups is 1. The lowest BCUT2D eigenvalue weighted by molar-refractivity contribution is 0.0722. The second-order valence-corrected chi connectivity index (χ2v) is 10.3. The van der Waals surface area contributed by atoms with Crippen molar-refractivity contribution in [3.05, 3.63) is 74.9 Å². The van der Waals surface area contributed by atoms with Gasteiger partial charge in [0.1, 0.15) is 30.3 Å². The summed E-state index contributed by atoms with van der Waals surface area (Å²) in [5.74, 6) is 1.18. The molecule has 8 heteroatoms. The van der Waals surface area contributed by atoms with Crippen LogP contribution < -0.4 is 14.8 Å². The van der Waals surface area contributed by atoms with Gasteiger partial charge < -0.3 is 19.9 Å². The number of nitrogens with one attached hydrogen (secondary N) is 1. The van der Waals surface area contributed by atoms with Crippen LogP contribution in [0, 0.1) is 13.8 Å². The van der Waals surface area contributed by atoms with Crippen LogP contribution in [0.15, 0.2) is 54.6 Å². The Bertz CT molecular complexity index is 1120. The van der Waals surface area contributed by atoms with Crippen LogP contribution in [0.3, 0.4) is 0 Å². The van der Waals surface area contributed by atoms with Gasteiger partial charge in [-0.15, -0.1) is 11.3 Å².